The van der Waals surface area contributed by atoms with Crippen molar-refractivity contribution in [2.45, 2.75) is 27.0 Å². The molecule has 0 saturated carbocycles. The molecule has 0 aliphatic carbocycles. The Labute approximate surface area is 204 Å². The number of ether oxygens (including phenoxy) is 1. The summed E-state index contributed by atoms with van der Waals surface area (Å²) in [6.45, 7) is 4.66. The molecule has 0 atom stereocenters. The van der Waals surface area contributed by atoms with Gasteiger partial charge in [-0.05, 0) is 61.4 Å². The summed E-state index contributed by atoms with van der Waals surface area (Å²) in [6, 6.07) is 18.3. The third kappa shape index (κ3) is 5.73. The quantitative estimate of drug-likeness (QED) is 0.404. The minimum absolute atomic E-state index is 0.136. The molecule has 2 N–H and O–H groups in total. The SMILES string of the molecule is CNC(=O)c1cccc(Cn2nc(C)c(NC(=O)c3ccc(COc4ccncc4)cc3)c2C)c1. The van der Waals surface area contributed by atoms with E-state index < -0.39 is 0 Å². The Morgan fingerprint density at radius 1 is 0.914 bits per heavy atom. The average Bonchev–Trinajstić information content (AvgIpc) is 3.15. The molecular formula is C27H27N5O3. The number of carbonyl (C=O) groups excluding carboxylic acids is 2. The Morgan fingerprint density at radius 2 is 1.66 bits per heavy atom. The molecule has 4 aromatic rings. The number of hydrogen-bond donors (Lipinski definition) is 2. The lowest BCUT2D eigenvalue weighted by Gasteiger charge is -2.09. The minimum atomic E-state index is -0.209. The van der Waals surface area contributed by atoms with E-state index in [0.717, 1.165) is 28.3 Å². The lowest BCUT2D eigenvalue weighted by atomic mass is 10.1. The van der Waals surface area contributed by atoms with E-state index in [1.807, 2.05) is 48.9 Å². The van der Waals surface area contributed by atoms with Gasteiger partial charge in [0, 0.05) is 30.6 Å². The third-order valence-corrected chi connectivity index (χ3v) is 5.64. The first kappa shape index (κ1) is 23.7. The van der Waals surface area contributed by atoms with Gasteiger partial charge in [0.2, 0.25) is 0 Å². The van der Waals surface area contributed by atoms with Crippen LogP contribution in [0.4, 0.5) is 5.69 Å². The van der Waals surface area contributed by atoms with Crippen molar-refractivity contribution in [1.29, 1.82) is 0 Å². The number of nitrogens with zero attached hydrogens (tertiary/aromatic N) is 3. The molecule has 2 aromatic heterocycles. The van der Waals surface area contributed by atoms with Crippen molar-refractivity contribution >= 4 is 17.5 Å². The highest BCUT2D eigenvalue weighted by Gasteiger charge is 2.16. The first-order chi connectivity index (χ1) is 16.9. The van der Waals surface area contributed by atoms with Crippen molar-refractivity contribution in [2.24, 2.45) is 0 Å². The number of amides is 2. The lowest BCUT2D eigenvalue weighted by Crippen LogP contribution is -2.18. The Balaban J connectivity index is 1.42. The van der Waals surface area contributed by atoms with Crippen molar-refractivity contribution in [3.63, 3.8) is 0 Å². The van der Waals surface area contributed by atoms with Gasteiger partial charge in [0.15, 0.2) is 0 Å². The summed E-state index contributed by atoms with van der Waals surface area (Å²) >= 11 is 0. The molecule has 0 radical (unpaired) electrons. The van der Waals surface area contributed by atoms with E-state index in [4.69, 9.17) is 4.74 Å². The number of carbonyl (C=O) groups is 2. The normalized spacial score (nSPS) is 10.6. The van der Waals surface area contributed by atoms with Crippen molar-refractivity contribution < 1.29 is 14.3 Å². The fourth-order valence-electron chi connectivity index (χ4n) is 3.70. The van der Waals surface area contributed by atoms with Gasteiger partial charge >= 0.3 is 0 Å². The van der Waals surface area contributed by atoms with E-state index in [0.29, 0.717) is 30.0 Å². The van der Waals surface area contributed by atoms with Gasteiger partial charge in [-0.1, -0.05) is 24.3 Å². The molecule has 2 heterocycles. The molecule has 35 heavy (non-hydrogen) atoms. The number of hydrogen-bond acceptors (Lipinski definition) is 5. The number of pyridine rings is 1. The van der Waals surface area contributed by atoms with Crippen LogP contribution in [0.5, 0.6) is 5.75 Å². The predicted molar refractivity (Wildman–Crippen MR) is 134 cm³/mol. The minimum Gasteiger partial charge on any atom is -0.489 e. The summed E-state index contributed by atoms with van der Waals surface area (Å²) in [5.41, 5.74) is 5.28. The molecule has 0 bridgehead atoms. The van der Waals surface area contributed by atoms with Crippen LogP contribution in [0.1, 0.15) is 43.2 Å². The third-order valence-electron chi connectivity index (χ3n) is 5.64. The van der Waals surface area contributed by atoms with E-state index in [9.17, 15) is 9.59 Å². The number of nitrogens with one attached hydrogen (secondary N) is 2. The highest BCUT2D eigenvalue weighted by atomic mass is 16.5. The second-order valence-electron chi connectivity index (χ2n) is 8.11. The van der Waals surface area contributed by atoms with Crippen LogP contribution in [-0.4, -0.2) is 33.6 Å². The van der Waals surface area contributed by atoms with Gasteiger partial charge in [-0.15, -0.1) is 0 Å². The topological polar surface area (TPSA) is 98.1 Å². The number of rotatable bonds is 8. The van der Waals surface area contributed by atoms with Crippen LogP contribution in [0, 0.1) is 13.8 Å². The van der Waals surface area contributed by atoms with Gasteiger partial charge in [-0.25, -0.2) is 0 Å². The number of aromatic nitrogens is 3. The average molecular weight is 470 g/mol. The molecule has 0 saturated heterocycles. The molecule has 0 spiro atoms. The summed E-state index contributed by atoms with van der Waals surface area (Å²) in [7, 11) is 1.61. The fraction of sp³-hybridized carbons (Fsp3) is 0.185. The van der Waals surface area contributed by atoms with Crippen LogP contribution in [-0.2, 0) is 13.2 Å². The van der Waals surface area contributed by atoms with Crippen molar-refractivity contribution in [3.8, 4) is 5.75 Å². The van der Waals surface area contributed by atoms with Crippen molar-refractivity contribution in [1.82, 2.24) is 20.1 Å². The maximum absolute atomic E-state index is 12.9. The molecule has 0 aliphatic heterocycles. The van der Waals surface area contributed by atoms with E-state index in [-0.39, 0.29) is 11.8 Å². The van der Waals surface area contributed by atoms with Crippen LogP contribution in [0.15, 0.2) is 73.1 Å². The number of aryl methyl sites for hydroxylation is 1. The van der Waals surface area contributed by atoms with Crippen LogP contribution in [0.2, 0.25) is 0 Å². The first-order valence-corrected chi connectivity index (χ1v) is 11.2. The van der Waals surface area contributed by atoms with Crippen LogP contribution in [0.3, 0.4) is 0 Å². The van der Waals surface area contributed by atoms with Gasteiger partial charge < -0.3 is 15.4 Å². The number of benzene rings is 2. The van der Waals surface area contributed by atoms with Crippen molar-refractivity contribution in [3.05, 3.63) is 107 Å². The lowest BCUT2D eigenvalue weighted by molar-refractivity contribution is 0.0962. The second-order valence-corrected chi connectivity index (χ2v) is 8.11. The molecular weight excluding hydrogens is 442 g/mol. The van der Waals surface area contributed by atoms with Gasteiger partial charge in [0.05, 0.1) is 23.6 Å². The largest absolute Gasteiger partial charge is 0.489 e. The van der Waals surface area contributed by atoms with Crippen molar-refractivity contribution in [2.75, 3.05) is 12.4 Å². The Hall–Kier alpha value is -4.46. The van der Waals surface area contributed by atoms with E-state index in [1.54, 1.807) is 49.8 Å². The Kier molecular flexibility index (Phi) is 7.21. The summed E-state index contributed by atoms with van der Waals surface area (Å²) in [5.74, 6) is 0.396. The molecule has 0 fully saturated rings. The van der Waals surface area contributed by atoms with Gasteiger partial charge in [0.25, 0.3) is 11.8 Å². The molecule has 4 rings (SSSR count). The molecule has 8 heteroatoms. The van der Waals surface area contributed by atoms with Crippen LogP contribution < -0.4 is 15.4 Å². The predicted octanol–water partition coefficient (Wildman–Crippen LogP) is 4.13. The summed E-state index contributed by atoms with van der Waals surface area (Å²) in [6.07, 6.45) is 3.35. The molecule has 2 aromatic carbocycles. The Bertz CT molecular complexity index is 1330. The molecule has 0 aliphatic rings. The fourth-order valence-corrected chi connectivity index (χ4v) is 3.70. The molecule has 178 valence electrons. The highest BCUT2D eigenvalue weighted by Crippen LogP contribution is 2.22. The molecule has 0 unspecified atom stereocenters. The van der Waals surface area contributed by atoms with Gasteiger partial charge in [0.1, 0.15) is 12.4 Å². The smallest absolute Gasteiger partial charge is 0.255 e. The van der Waals surface area contributed by atoms with E-state index in [2.05, 4.69) is 20.7 Å². The van der Waals surface area contributed by atoms with Crippen LogP contribution >= 0.6 is 0 Å². The highest BCUT2D eigenvalue weighted by molar-refractivity contribution is 6.04. The maximum Gasteiger partial charge on any atom is 0.255 e. The Morgan fingerprint density at radius 3 is 2.37 bits per heavy atom. The number of anilines is 1. The second kappa shape index (κ2) is 10.6. The summed E-state index contributed by atoms with van der Waals surface area (Å²) in [5, 5.41) is 10.2. The van der Waals surface area contributed by atoms with Gasteiger partial charge in [-0.2, -0.15) is 5.10 Å². The maximum atomic E-state index is 12.9. The monoisotopic (exact) mass is 469 g/mol. The standard InChI is InChI=1S/C27H27N5O3/c1-18-25(19(2)32(31-18)16-21-5-4-6-23(15-21)26(33)28-3)30-27(34)22-9-7-20(8-10-22)17-35-24-11-13-29-14-12-24/h4-15H,16-17H2,1-3H3,(H,28,33)(H,30,34). The molecule has 8 nitrogen and oxygen atoms in total. The van der Waals surface area contributed by atoms with Crippen LogP contribution in [0.25, 0.3) is 0 Å². The summed E-state index contributed by atoms with van der Waals surface area (Å²) < 4.78 is 7.55. The zero-order valence-corrected chi connectivity index (χ0v) is 19.9. The zero-order chi connectivity index (χ0) is 24.8. The van der Waals surface area contributed by atoms with E-state index in [1.165, 1.54) is 0 Å². The first-order valence-electron chi connectivity index (χ1n) is 11.2. The van der Waals surface area contributed by atoms with Gasteiger partial charge in [-0.3, -0.25) is 19.3 Å². The zero-order valence-electron chi connectivity index (χ0n) is 19.9. The van der Waals surface area contributed by atoms with E-state index >= 15 is 0 Å². The summed E-state index contributed by atoms with van der Waals surface area (Å²) in [4.78, 5) is 28.8. The molecule has 2 amide bonds.